The Morgan fingerprint density at radius 2 is 1.68 bits per heavy atom. The van der Waals surface area contributed by atoms with E-state index in [0.29, 0.717) is 5.92 Å². The summed E-state index contributed by atoms with van der Waals surface area (Å²) in [4.78, 5) is 13.8. The first-order chi connectivity index (χ1) is 8.63. The summed E-state index contributed by atoms with van der Waals surface area (Å²) in [5.41, 5.74) is -0.481. The van der Waals surface area contributed by atoms with Crippen LogP contribution < -0.4 is 0 Å². The fourth-order valence-corrected chi connectivity index (χ4v) is 2.42. The van der Waals surface area contributed by atoms with Gasteiger partial charge < -0.3 is 14.4 Å². The van der Waals surface area contributed by atoms with Gasteiger partial charge in [0.2, 0.25) is 0 Å². The molecule has 112 valence electrons. The lowest BCUT2D eigenvalue weighted by Crippen LogP contribution is -2.42. The van der Waals surface area contributed by atoms with Gasteiger partial charge in [0.1, 0.15) is 5.60 Å². The van der Waals surface area contributed by atoms with E-state index in [4.69, 9.17) is 9.47 Å². The van der Waals surface area contributed by atoms with Crippen LogP contribution in [0.5, 0.6) is 0 Å². The van der Waals surface area contributed by atoms with Crippen molar-refractivity contribution in [2.45, 2.75) is 65.1 Å². The first-order valence-electron chi connectivity index (χ1n) is 7.16. The fourth-order valence-electron chi connectivity index (χ4n) is 2.42. The molecule has 0 N–H and O–H groups in total. The van der Waals surface area contributed by atoms with Crippen molar-refractivity contribution >= 4 is 6.09 Å². The Kier molecular flexibility index (Phi) is 5.25. The van der Waals surface area contributed by atoms with Gasteiger partial charge >= 0.3 is 6.09 Å². The molecule has 19 heavy (non-hydrogen) atoms. The molecule has 1 fully saturated rings. The number of ether oxygens (including phenoxy) is 2. The maximum absolute atomic E-state index is 11.9. The standard InChI is InChI=1S/C15H29NO3/c1-14(2,3)19-13(17)16-9-7-12(8-10-16)11-15(4,5)18-6/h12H,7-11H2,1-6H3. The van der Waals surface area contributed by atoms with Crippen molar-refractivity contribution < 1.29 is 14.3 Å². The number of likely N-dealkylation sites (tertiary alicyclic amines) is 1. The van der Waals surface area contributed by atoms with Crippen molar-refractivity contribution in [3.8, 4) is 0 Å². The molecule has 0 saturated carbocycles. The van der Waals surface area contributed by atoms with Crippen molar-refractivity contribution in [3.05, 3.63) is 0 Å². The zero-order valence-corrected chi connectivity index (χ0v) is 13.3. The Hall–Kier alpha value is -0.770. The summed E-state index contributed by atoms with van der Waals surface area (Å²) in [7, 11) is 1.76. The van der Waals surface area contributed by atoms with E-state index in [0.717, 1.165) is 32.4 Å². The molecule has 0 atom stereocenters. The number of carbonyl (C=O) groups excluding carboxylic acids is 1. The monoisotopic (exact) mass is 271 g/mol. The Morgan fingerprint density at radius 3 is 2.11 bits per heavy atom. The molecule has 1 saturated heterocycles. The zero-order chi connectivity index (χ0) is 14.7. The van der Waals surface area contributed by atoms with Crippen molar-refractivity contribution in [2.75, 3.05) is 20.2 Å². The first kappa shape index (κ1) is 16.3. The second-order valence-corrected chi connectivity index (χ2v) is 7.08. The maximum Gasteiger partial charge on any atom is 0.410 e. The number of hydrogen-bond donors (Lipinski definition) is 0. The van der Waals surface area contributed by atoms with Crippen LogP contribution in [-0.4, -0.2) is 42.4 Å². The summed E-state index contributed by atoms with van der Waals surface area (Å²) in [6, 6.07) is 0. The molecule has 0 unspecified atom stereocenters. The van der Waals surface area contributed by atoms with Crippen LogP contribution in [-0.2, 0) is 9.47 Å². The molecular weight excluding hydrogens is 242 g/mol. The second-order valence-electron chi connectivity index (χ2n) is 7.08. The van der Waals surface area contributed by atoms with Crippen LogP contribution in [0.3, 0.4) is 0 Å². The van der Waals surface area contributed by atoms with Crippen LogP contribution in [0.25, 0.3) is 0 Å². The van der Waals surface area contributed by atoms with Crippen molar-refractivity contribution in [2.24, 2.45) is 5.92 Å². The molecule has 1 aliphatic rings. The highest BCUT2D eigenvalue weighted by Crippen LogP contribution is 2.28. The van der Waals surface area contributed by atoms with Gasteiger partial charge in [-0.25, -0.2) is 4.79 Å². The summed E-state index contributed by atoms with van der Waals surface area (Å²) in [6.45, 7) is 11.5. The lowest BCUT2D eigenvalue weighted by atomic mass is 9.86. The highest BCUT2D eigenvalue weighted by Gasteiger charge is 2.30. The second kappa shape index (κ2) is 6.12. The lowest BCUT2D eigenvalue weighted by molar-refractivity contribution is -0.0111. The molecule has 4 heteroatoms. The number of nitrogens with zero attached hydrogens (tertiary/aromatic N) is 1. The highest BCUT2D eigenvalue weighted by molar-refractivity contribution is 5.68. The number of methoxy groups -OCH3 is 1. The van der Waals surface area contributed by atoms with Gasteiger partial charge in [-0.3, -0.25) is 0 Å². The van der Waals surface area contributed by atoms with Gasteiger partial charge in [0.25, 0.3) is 0 Å². The van der Waals surface area contributed by atoms with E-state index in [-0.39, 0.29) is 11.7 Å². The van der Waals surface area contributed by atoms with E-state index in [9.17, 15) is 4.79 Å². The number of carbonyl (C=O) groups is 1. The smallest absolute Gasteiger partial charge is 0.410 e. The van der Waals surface area contributed by atoms with Crippen molar-refractivity contribution in [3.63, 3.8) is 0 Å². The molecule has 0 radical (unpaired) electrons. The van der Waals surface area contributed by atoms with Crippen molar-refractivity contribution in [1.82, 2.24) is 4.90 Å². The minimum absolute atomic E-state index is 0.0707. The molecule has 0 aromatic carbocycles. The summed E-state index contributed by atoms with van der Waals surface area (Å²) in [5.74, 6) is 0.633. The minimum Gasteiger partial charge on any atom is -0.444 e. The quantitative estimate of drug-likeness (QED) is 0.789. The van der Waals surface area contributed by atoms with E-state index in [1.54, 1.807) is 7.11 Å². The maximum atomic E-state index is 11.9. The SMILES string of the molecule is COC(C)(C)CC1CCN(C(=O)OC(C)(C)C)CC1. The molecule has 1 amide bonds. The first-order valence-corrected chi connectivity index (χ1v) is 7.16. The summed E-state index contributed by atoms with van der Waals surface area (Å²) in [5, 5.41) is 0. The average molecular weight is 271 g/mol. The van der Waals surface area contributed by atoms with Gasteiger partial charge in [-0.1, -0.05) is 0 Å². The fraction of sp³-hybridized carbons (Fsp3) is 0.933. The Morgan fingerprint density at radius 1 is 1.16 bits per heavy atom. The third-order valence-corrected chi connectivity index (χ3v) is 3.60. The number of amides is 1. The molecule has 0 aliphatic carbocycles. The molecule has 1 aliphatic heterocycles. The molecule has 0 spiro atoms. The van der Waals surface area contributed by atoms with E-state index < -0.39 is 5.60 Å². The zero-order valence-electron chi connectivity index (χ0n) is 13.3. The predicted octanol–water partition coefficient (Wildman–Crippen LogP) is 3.45. The highest BCUT2D eigenvalue weighted by atomic mass is 16.6. The van der Waals surface area contributed by atoms with Gasteiger partial charge in [-0.15, -0.1) is 0 Å². The number of piperidine rings is 1. The van der Waals surface area contributed by atoms with Crippen LogP contribution in [0.4, 0.5) is 4.79 Å². The number of rotatable bonds is 3. The van der Waals surface area contributed by atoms with E-state index >= 15 is 0 Å². The van der Waals surface area contributed by atoms with Crippen LogP contribution >= 0.6 is 0 Å². The van der Waals surface area contributed by atoms with E-state index in [1.165, 1.54) is 0 Å². The largest absolute Gasteiger partial charge is 0.444 e. The van der Waals surface area contributed by atoms with E-state index in [1.807, 2.05) is 25.7 Å². The third kappa shape index (κ3) is 5.81. The molecule has 0 bridgehead atoms. The van der Waals surface area contributed by atoms with Gasteiger partial charge in [0.05, 0.1) is 5.60 Å². The van der Waals surface area contributed by atoms with Crippen LogP contribution in [0, 0.1) is 5.92 Å². The molecule has 0 aromatic rings. The predicted molar refractivity (Wildman–Crippen MR) is 76.2 cm³/mol. The van der Waals surface area contributed by atoms with Gasteiger partial charge in [0, 0.05) is 20.2 Å². The molecule has 0 aromatic heterocycles. The molecule has 1 heterocycles. The Bertz CT molecular complexity index is 299. The summed E-state index contributed by atoms with van der Waals surface area (Å²) in [6.07, 6.45) is 2.93. The van der Waals surface area contributed by atoms with Gasteiger partial charge in [-0.05, 0) is 59.8 Å². The van der Waals surface area contributed by atoms with Crippen molar-refractivity contribution in [1.29, 1.82) is 0 Å². The van der Waals surface area contributed by atoms with E-state index in [2.05, 4.69) is 13.8 Å². The Labute approximate surface area is 117 Å². The topological polar surface area (TPSA) is 38.8 Å². The summed E-state index contributed by atoms with van der Waals surface area (Å²) >= 11 is 0. The molecular formula is C15H29NO3. The molecule has 4 nitrogen and oxygen atoms in total. The van der Waals surface area contributed by atoms with Crippen LogP contribution in [0.1, 0.15) is 53.9 Å². The lowest BCUT2D eigenvalue weighted by Gasteiger charge is -2.36. The Balaban J connectivity index is 2.39. The average Bonchev–Trinajstić information content (AvgIpc) is 2.27. The number of hydrogen-bond acceptors (Lipinski definition) is 3. The normalized spacial score (nSPS) is 18.5. The van der Waals surface area contributed by atoms with Gasteiger partial charge in [-0.2, -0.15) is 0 Å². The van der Waals surface area contributed by atoms with Gasteiger partial charge in [0.15, 0.2) is 0 Å². The van der Waals surface area contributed by atoms with Crippen LogP contribution in [0.2, 0.25) is 0 Å². The third-order valence-electron chi connectivity index (χ3n) is 3.60. The van der Waals surface area contributed by atoms with Crippen LogP contribution in [0.15, 0.2) is 0 Å². The summed E-state index contributed by atoms with van der Waals surface area (Å²) < 4.78 is 10.9. The minimum atomic E-state index is -0.411. The molecule has 1 rings (SSSR count).